The van der Waals surface area contributed by atoms with E-state index in [0.29, 0.717) is 24.1 Å². The van der Waals surface area contributed by atoms with Crippen molar-refractivity contribution in [3.8, 4) is 11.1 Å². The van der Waals surface area contributed by atoms with Crippen LogP contribution in [0.1, 0.15) is 66.7 Å². The fourth-order valence-electron chi connectivity index (χ4n) is 5.48. The van der Waals surface area contributed by atoms with Crippen molar-refractivity contribution in [2.24, 2.45) is 0 Å². The third-order valence-electron chi connectivity index (χ3n) is 7.93. The van der Waals surface area contributed by atoms with Gasteiger partial charge in [-0.3, -0.25) is 4.79 Å². The maximum Gasteiger partial charge on any atom is 0.410 e. The van der Waals surface area contributed by atoms with Gasteiger partial charge in [-0.1, -0.05) is 80.6 Å². The van der Waals surface area contributed by atoms with Crippen molar-refractivity contribution in [2.75, 3.05) is 11.1 Å². The molecular weight excluding hydrogens is 515 g/mol. The molecule has 0 aliphatic carbocycles. The molecular formula is C31H32F3N5O. The standard InChI is InChI=1S/C31H32F3N5O/c1-3-30(4-2,23-14-10-20(11-15-23)21-12-16-24(35)17-13-21)38-29(40)25-19-36-39-27(31(32,33)34)18-26(37-28(25)39)22-8-6-5-7-9-22/h5-17,19,26-27,37H,3-4,18,35H2,1-2H3,(H,38,40). The lowest BCUT2D eigenvalue weighted by atomic mass is 9.83. The highest BCUT2D eigenvalue weighted by molar-refractivity contribution is 5.99. The lowest BCUT2D eigenvalue weighted by Crippen LogP contribution is -2.45. The summed E-state index contributed by atoms with van der Waals surface area (Å²) in [4.78, 5) is 13.7. The molecule has 0 saturated heterocycles. The molecule has 40 heavy (non-hydrogen) atoms. The second-order valence-corrected chi connectivity index (χ2v) is 10.2. The van der Waals surface area contributed by atoms with Gasteiger partial charge in [-0.15, -0.1) is 0 Å². The number of halogens is 3. The maximum atomic E-state index is 14.1. The molecule has 0 spiro atoms. The number of benzene rings is 3. The van der Waals surface area contributed by atoms with Gasteiger partial charge in [0.1, 0.15) is 11.4 Å². The summed E-state index contributed by atoms with van der Waals surface area (Å²) in [5, 5.41) is 10.3. The number of alkyl halides is 3. The molecule has 6 nitrogen and oxygen atoms in total. The predicted molar refractivity (Wildman–Crippen MR) is 151 cm³/mol. The molecule has 1 aliphatic rings. The van der Waals surface area contributed by atoms with Crippen LogP contribution in [0.25, 0.3) is 11.1 Å². The van der Waals surface area contributed by atoms with E-state index in [2.05, 4.69) is 15.7 Å². The van der Waals surface area contributed by atoms with E-state index in [9.17, 15) is 18.0 Å². The number of nitrogens with one attached hydrogen (secondary N) is 2. The van der Waals surface area contributed by atoms with Crippen molar-refractivity contribution in [1.29, 1.82) is 0 Å². The van der Waals surface area contributed by atoms with E-state index in [1.807, 2.05) is 68.4 Å². The Morgan fingerprint density at radius 1 is 0.975 bits per heavy atom. The quantitative estimate of drug-likeness (QED) is 0.213. The van der Waals surface area contributed by atoms with Crippen LogP contribution in [0.4, 0.5) is 24.7 Å². The van der Waals surface area contributed by atoms with E-state index < -0.39 is 29.7 Å². The highest BCUT2D eigenvalue weighted by Gasteiger charge is 2.47. The molecule has 3 aromatic carbocycles. The average molecular weight is 548 g/mol. The lowest BCUT2D eigenvalue weighted by molar-refractivity contribution is -0.173. The molecule has 208 valence electrons. The Morgan fingerprint density at radius 2 is 1.57 bits per heavy atom. The molecule has 1 amide bonds. The largest absolute Gasteiger partial charge is 0.410 e. The van der Waals surface area contributed by atoms with E-state index >= 15 is 0 Å². The summed E-state index contributed by atoms with van der Waals surface area (Å²) >= 11 is 0. The minimum atomic E-state index is -4.52. The van der Waals surface area contributed by atoms with Crippen LogP contribution in [0.15, 0.2) is 85.1 Å². The Kier molecular flexibility index (Phi) is 7.31. The number of aromatic nitrogens is 2. The second kappa shape index (κ2) is 10.7. The van der Waals surface area contributed by atoms with Gasteiger partial charge in [-0.2, -0.15) is 18.3 Å². The Morgan fingerprint density at radius 3 is 2.15 bits per heavy atom. The van der Waals surface area contributed by atoms with Crippen LogP contribution in [0.5, 0.6) is 0 Å². The molecule has 0 bridgehead atoms. The van der Waals surface area contributed by atoms with Gasteiger partial charge < -0.3 is 16.4 Å². The number of nitrogen functional groups attached to an aromatic ring is 1. The Hall–Kier alpha value is -4.27. The molecule has 2 heterocycles. The summed E-state index contributed by atoms with van der Waals surface area (Å²) in [6, 6.07) is 22.0. The fourth-order valence-corrected chi connectivity index (χ4v) is 5.48. The summed E-state index contributed by atoms with van der Waals surface area (Å²) in [7, 11) is 0. The van der Waals surface area contributed by atoms with Gasteiger partial charge in [0, 0.05) is 12.1 Å². The van der Waals surface area contributed by atoms with Gasteiger partial charge >= 0.3 is 6.18 Å². The molecule has 0 saturated carbocycles. The van der Waals surface area contributed by atoms with Crippen LogP contribution in [-0.4, -0.2) is 21.9 Å². The number of fused-ring (bicyclic) bond motifs is 1. The average Bonchev–Trinajstić information content (AvgIpc) is 3.40. The van der Waals surface area contributed by atoms with Crippen LogP contribution in [0.2, 0.25) is 0 Å². The SMILES string of the molecule is CCC(CC)(NC(=O)c1cnn2c1NC(c1ccccc1)CC2C(F)(F)F)c1ccc(-c2ccc(N)cc2)cc1. The number of rotatable bonds is 7. The maximum absolute atomic E-state index is 14.1. The number of anilines is 2. The number of nitrogens with two attached hydrogens (primary N) is 1. The third-order valence-corrected chi connectivity index (χ3v) is 7.93. The number of nitrogens with zero attached hydrogens (tertiary/aromatic N) is 2. The molecule has 2 unspecified atom stereocenters. The van der Waals surface area contributed by atoms with Crippen LogP contribution in [0, 0.1) is 0 Å². The van der Waals surface area contributed by atoms with E-state index in [1.54, 1.807) is 24.3 Å². The van der Waals surface area contributed by atoms with E-state index in [-0.39, 0.29) is 17.8 Å². The minimum absolute atomic E-state index is 0.0692. The zero-order valence-corrected chi connectivity index (χ0v) is 22.4. The van der Waals surface area contributed by atoms with Crippen molar-refractivity contribution >= 4 is 17.4 Å². The van der Waals surface area contributed by atoms with Crippen molar-refractivity contribution in [3.63, 3.8) is 0 Å². The first kappa shape index (κ1) is 27.3. The lowest BCUT2D eigenvalue weighted by Gasteiger charge is -2.35. The van der Waals surface area contributed by atoms with Crippen LogP contribution < -0.4 is 16.4 Å². The first-order valence-corrected chi connectivity index (χ1v) is 13.4. The summed E-state index contributed by atoms with van der Waals surface area (Å²) in [5.74, 6) is -0.408. The summed E-state index contributed by atoms with van der Waals surface area (Å²) < 4.78 is 43.2. The van der Waals surface area contributed by atoms with Crippen molar-refractivity contribution in [1.82, 2.24) is 15.1 Å². The van der Waals surface area contributed by atoms with Crippen LogP contribution in [0.3, 0.4) is 0 Å². The van der Waals surface area contributed by atoms with Gasteiger partial charge in [-0.05, 0) is 47.2 Å². The number of amides is 1. The molecule has 9 heteroatoms. The number of carbonyl (C=O) groups excluding carboxylic acids is 1. The smallest absolute Gasteiger partial charge is 0.399 e. The zero-order valence-electron chi connectivity index (χ0n) is 22.4. The molecule has 5 rings (SSSR count). The Balaban J connectivity index is 1.45. The first-order chi connectivity index (χ1) is 19.1. The number of carbonyl (C=O) groups is 1. The normalized spacial score (nSPS) is 17.1. The van der Waals surface area contributed by atoms with E-state index in [0.717, 1.165) is 21.4 Å². The summed E-state index contributed by atoms with van der Waals surface area (Å²) in [6.07, 6.45) is -2.34. The highest BCUT2D eigenvalue weighted by atomic mass is 19.4. The Bertz CT molecular complexity index is 1460. The van der Waals surface area contributed by atoms with Gasteiger partial charge in [-0.25, -0.2) is 4.68 Å². The van der Waals surface area contributed by atoms with Crippen LogP contribution in [-0.2, 0) is 5.54 Å². The van der Waals surface area contributed by atoms with Gasteiger partial charge in [0.2, 0.25) is 0 Å². The molecule has 1 aromatic heterocycles. The minimum Gasteiger partial charge on any atom is -0.399 e. The zero-order chi connectivity index (χ0) is 28.5. The Labute approximate surface area is 231 Å². The molecule has 4 aromatic rings. The summed E-state index contributed by atoms with van der Waals surface area (Å²) in [6.45, 7) is 3.96. The topological polar surface area (TPSA) is 85.0 Å². The van der Waals surface area contributed by atoms with Crippen molar-refractivity contribution in [2.45, 2.75) is 56.9 Å². The van der Waals surface area contributed by atoms with Gasteiger partial charge in [0.05, 0.1) is 17.8 Å². The molecule has 4 N–H and O–H groups in total. The van der Waals surface area contributed by atoms with Gasteiger partial charge in [0.25, 0.3) is 5.91 Å². The van der Waals surface area contributed by atoms with Crippen molar-refractivity contribution < 1.29 is 18.0 Å². The number of hydrogen-bond acceptors (Lipinski definition) is 4. The predicted octanol–water partition coefficient (Wildman–Crippen LogP) is 7.24. The molecule has 0 radical (unpaired) electrons. The molecule has 2 atom stereocenters. The third kappa shape index (κ3) is 5.15. The second-order valence-electron chi connectivity index (χ2n) is 10.2. The first-order valence-electron chi connectivity index (χ1n) is 13.4. The van der Waals surface area contributed by atoms with Crippen molar-refractivity contribution in [3.05, 3.63) is 102 Å². The number of hydrogen-bond donors (Lipinski definition) is 3. The summed E-state index contributed by atoms with van der Waals surface area (Å²) in [5.41, 5.74) is 9.52. The van der Waals surface area contributed by atoms with Gasteiger partial charge in [0.15, 0.2) is 6.04 Å². The van der Waals surface area contributed by atoms with E-state index in [4.69, 9.17) is 5.73 Å². The highest BCUT2D eigenvalue weighted by Crippen LogP contribution is 2.44. The molecule has 1 aliphatic heterocycles. The van der Waals surface area contributed by atoms with E-state index in [1.165, 1.54) is 6.20 Å². The monoisotopic (exact) mass is 547 g/mol. The fraction of sp³-hybridized carbons (Fsp3) is 0.290. The van der Waals surface area contributed by atoms with Crippen LogP contribution >= 0.6 is 0 Å². The molecule has 0 fully saturated rings.